The SMILES string of the molecule is CC(=O)c1ccc2c(C)c(C)n(CN)c2c1. The van der Waals surface area contributed by atoms with E-state index in [1.54, 1.807) is 6.92 Å². The van der Waals surface area contributed by atoms with Crippen LogP contribution in [0.4, 0.5) is 0 Å². The van der Waals surface area contributed by atoms with Gasteiger partial charge in [0.2, 0.25) is 0 Å². The van der Waals surface area contributed by atoms with E-state index < -0.39 is 0 Å². The Morgan fingerprint density at radius 1 is 1.38 bits per heavy atom. The van der Waals surface area contributed by atoms with Gasteiger partial charge in [-0.05, 0) is 32.4 Å². The average molecular weight is 216 g/mol. The lowest BCUT2D eigenvalue weighted by Crippen LogP contribution is -2.08. The number of aryl methyl sites for hydroxylation is 1. The molecule has 2 rings (SSSR count). The number of Topliss-reactive ketones (excluding diaryl/α,β-unsaturated/α-hetero) is 1. The molecule has 0 radical (unpaired) electrons. The summed E-state index contributed by atoms with van der Waals surface area (Å²) in [6, 6.07) is 5.79. The highest BCUT2D eigenvalue weighted by Gasteiger charge is 2.11. The van der Waals surface area contributed by atoms with Gasteiger partial charge in [-0.15, -0.1) is 0 Å². The molecule has 3 nitrogen and oxygen atoms in total. The third-order valence-corrected chi connectivity index (χ3v) is 3.23. The van der Waals surface area contributed by atoms with E-state index in [0.29, 0.717) is 6.67 Å². The molecule has 1 heterocycles. The van der Waals surface area contributed by atoms with Gasteiger partial charge < -0.3 is 10.3 Å². The normalized spacial score (nSPS) is 11.0. The number of ketones is 1. The summed E-state index contributed by atoms with van der Waals surface area (Å²) in [5.74, 6) is 0.0852. The second-order valence-electron chi connectivity index (χ2n) is 4.11. The first-order valence-electron chi connectivity index (χ1n) is 5.36. The van der Waals surface area contributed by atoms with Crippen molar-refractivity contribution in [3.05, 3.63) is 35.0 Å². The summed E-state index contributed by atoms with van der Waals surface area (Å²) in [7, 11) is 0. The standard InChI is InChI=1S/C13H16N2O/c1-8-9(2)15(7-14)13-6-11(10(3)16)4-5-12(8)13/h4-6H,7,14H2,1-3H3. The Bertz CT molecular complexity index is 567. The van der Waals surface area contributed by atoms with Gasteiger partial charge in [0, 0.05) is 16.6 Å². The van der Waals surface area contributed by atoms with Crippen molar-refractivity contribution in [3.63, 3.8) is 0 Å². The lowest BCUT2D eigenvalue weighted by molar-refractivity contribution is 0.101. The summed E-state index contributed by atoms with van der Waals surface area (Å²) in [6.07, 6.45) is 0. The number of benzene rings is 1. The van der Waals surface area contributed by atoms with Gasteiger partial charge in [0.05, 0.1) is 12.2 Å². The van der Waals surface area contributed by atoms with Crippen LogP contribution in [-0.4, -0.2) is 10.4 Å². The van der Waals surface area contributed by atoms with Gasteiger partial charge in [0.15, 0.2) is 5.78 Å². The number of hydrogen-bond acceptors (Lipinski definition) is 2. The Balaban J connectivity index is 2.81. The molecular weight excluding hydrogens is 200 g/mol. The third kappa shape index (κ3) is 1.44. The number of carbonyl (C=O) groups excluding carboxylic acids is 1. The second kappa shape index (κ2) is 3.76. The second-order valence-corrected chi connectivity index (χ2v) is 4.11. The molecule has 0 atom stereocenters. The Hall–Kier alpha value is -1.61. The Morgan fingerprint density at radius 2 is 2.06 bits per heavy atom. The quantitative estimate of drug-likeness (QED) is 0.783. The van der Waals surface area contributed by atoms with Gasteiger partial charge >= 0.3 is 0 Å². The molecule has 0 aliphatic heterocycles. The van der Waals surface area contributed by atoms with E-state index in [4.69, 9.17) is 5.73 Å². The molecule has 0 spiro atoms. The predicted octanol–water partition coefficient (Wildman–Crippen LogP) is 2.38. The number of nitrogens with two attached hydrogens (primary N) is 1. The molecule has 2 N–H and O–H groups in total. The van der Waals surface area contributed by atoms with Crippen LogP contribution in [-0.2, 0) is 6.67 Å². The van der Waals surface area contributed by atoms with E-state index >= 15 is 0 Å². The molecule has 0 aliphatic carbocycles. The molecule has 16 heavy (non-hydrogen) atoms. The van der Waals surface area contributed by atoms with Crippen molar-refractivity contribution in [2.45, 2.75) is 27.4 Å². The van der Waals surface area contributed by atoms with Gasteiger partial charge in [0.25, 0.3) is 0 Å². The first-order chi connectivity index (χ1) is 7.56. The summed E-state index contributed by atoms with van der Waals surface area (Å²) in [5.41, 5.74) is 9.91. The maximum absolute atomic E-state index is 11.3. The molecule has 0 saturated heterocycles. The van der Waals surface area contributed by atoms with Gasteiger partial charge in [0.1, 0.15) is 0 Å². The van der Waals surface area contributed by atoms with Crippen LogP contribution in [0.1, 0.15) is 28.5 Å². The van der Waals surface area contributed by atoms with Crippen molar-refractivity contribution in [3.8, 4) is 0 Å². The lowest BCUT2D eigenvalue weighted by Gasteiger charge is -2.04. The fourth-order valence-electron chi connectivity index (χ4n) is 2.10. The zero-order chi connectivity index (χ0) is 11.9. The third-order valence-electron chi connectivity index (χ3n) is 3.23. The van der Waals surface area contributed by atoms with Crippen molar-refractivity contribution in [2.75, 3.05) is 0 Å². The van der Waals surface area contributed by atoms with E-state index in [-0.39, 0.29) is 5.78 Å². The number of carbonyl (C=O) groups is 1. The lowest BCUT2D eigenvalue weighted by atomic mass is 10.1. The highest BCUT2D eigenvalue weighted by atomic mass is 16.1. The summed E-state index contributed by atoms with van der Waals surface area (Å²) in [4.78, 5) is 11.3. The minimum Gasteiger partial charge on any atom is -0.332 e. The van der Waals surface area contributed by atoms with Gasteiger partial charge in [-0.3, -0.25) is 4.79 Å². The van der Waals surface area contributed by atoms with Crippen molar-refractivity contribution < 1.29 is 4.79 Å². The van der Waals surface area contributed by atoms with Crippen LogP contribution < -0.4 is 5.73 Å². The summed E-state index contributed by atoms with van der Waals surface area (Å²) in [5, 5.41) is 1.17. The van der Waals surface area contributed by atoms with Crippen molar-refractivity contribution in [1.29, 1.82) is 0 Å². The highest BCUT2D eigenvalue weighted by molar-refractivity contribution is 5.98. The number of fused-ring (bicyclic) bond motifs is 1. The van der Waals surface area contributed by atoms with Crippen LogP contribution in [0.15, 0.2) is 18.2 Å². The molecule has 84 valence electrons. The Labute approximate surface area is 94.9 Å². The highest BCUT2D eigenvalue weighted by Crippen LogP contribution is 2.25. The van der Waals surface area contributed by atoms with E-state index in [9.17, 15) is 4.79 Å². The molecular formula is C13H16N2O. The topological polar surface area (TPSA) is 48.0 Å². The van der Waals surface area contributed by atoms with Crippen LogP contribution in [0, 0.1) is 13.8 Å². The average Bonchev–Trinajstić information content (AvgIpc) is 2.51. The molecule has 0 fully saturated rings. The molecule has 1 aromatic heterocycles. The molecule has 0 amide bonds. The first kappa shape index (κ1) is 10.9. The summed E-state index contributed by atoms with van der Waals surface area (Å²) < 4.78 is 2.04. The zero-order valence-electron chi connectivity index (χ0n) is 9.87. The molecule has 0 unspecified atom stereocenters. The van der Waals surface area contributed by atoms with E-state index in [0.717, 1.165) is 11.1 Å². The van der Waals surface area contributed by atoms with Crippen molar-refractivity contribution in [2.24, 2.45) is 5.73 Å². The zero-order valence-corrected chi connectivity index (χ0v) is 9.87. The predicted molar refractivity (Wildman–Crippen MR) is 65.6 cm³/mol. The minimum absolute atomic E-state index is 0.0852. The van der Waals surface area contributed by atoms with Crippen molar-refractivity contribution in [1.82, 2.24) is 4.57 Å². The van der Waals surface area contributed by atoms with Crippen LogP contribution in [0.3, 0.4) is 0 Å². The van der Waals surface area contributed by atoms with Crippen LogP contribution in [0.25, 0.3) is 10.9 Å². The maximum atomic E-state index is 11.3. The minimum atomic E-state index is 0.0852. The molecule has 1 aromatic carbocycles. The van der Waals surface area contributed by atoms with E-state index in [1.807, 2.05) is 22.8 Å². The fraction of sp³-hybridized carbons (Fsp3) is 0.308. The Kier molecular flexibility index (Phi) is 2.56. The van der Waals surface area contributed by atoms with Gasteiger partial charge in [-0.25, -0.2) is 0 Å². The molecule has 0 saturated carbocycles. The number of aromatic nitrogens is 1. The van der Waals surface area contributed by atoms with Crippen LogP contribution in [0.2, 0.25) is 0 Å². The van der Waals surface area contributed by atoms with Gasteiger partial charge in [-0.1, -0.05) is 12.1 Å². The Morgan fingerprint density at radius 3 is 2.62 bits per heavy atom. The first-order valence-corrected chi connectivity index (χ1v) is 5.36. The fourth-order valence-corrected chi connectivity index (χ4v) is 2.10. The van der Waals surface area contributed by atoms with Crippen molar-refractivity contribution >= 4 is 16.7 Å². The monoisotopic (exact) mass is 216 g/mol. The molecule has 0 aliphatic rings. The molecule has 3 heteroatoms. The maximum Gasteiger partial charge on any atom is 0.159 e. The van der Waals surface area contributed by atoms with Crippen LogP contribution >= 0.6 is 0 Å². The smallest absolute Gasteiger partial charge is 0.159 e. The molecule has 0 bridgehead atoms. The number of rotatable bonds is 2. The largest absolute Gasteiger partial charge is 0.332 e. The molecule has 2 aromatic rings. The summed E-state index contributed by atoms with van der Waals surface area (Å²) >= 11 is 0. The number of nitrogens with zero attached hydrogens (tertiary/aromatic N) is 1. The summed E-state index contributed by atoms with van der Waals surface area (Å²) in [6.45, 7) is 6.15. The number of hydrogen-bond donors (Lipinski definition) is 1. The van der Waals surface area contributed by atoms with Gasteiger partial charge in [-0.2, -0.15) is 0 Å². The van der Waals surface area contributed by atoms with E-state index in [1.165, 1.54) is 16.6 Å². The van der Waals surface area contributed by atoms with E-state index in [2.05, 4.69) is 13.8 Å². The van der Waals surface area contributed by atoms with Crippen LogP contribution in [0.5, 0.6) is 0 Å².